The minimum absolute atomic E-state index is 0.307. The van der Waals surface area contributed by atoms with Gasteiger partial charge in [-0.2, -0.15) is 4.98 Å². The third kappa shape index (κ3) is 0.990. The Labute approximate surface area is 78.4 Å². The molecule has 0 N–H and O–H groups in total. The van der Waals surface area contributed by atoms with Gasteiger partial charge in [-0.05, 0) is 12.1 Å². The van der Waals surface area contributed by atoms with E-state index in [0.29, 0.717) is 17.3 Å². The van der Waals surface area contributed by atoms with Crippen LogP contribution in [0.2, 0.25) is 0 Å². The van der Waals surface area contributed by atoms with Crippen LogP contribution in [-0.4, -0.2) is 15.1 Å². The van der Waals surface area contributed by atoms with Crippen LogP contribution in [0.1, 0.15) is 0 Å². The van der Waals surface area contributed by atoms with Crippen LogP contribution < -0.4 is 0 Å². The lowest BCUT2D eigenvalue weighted by atomic mass is 10.3. The summed E-state index contributed by atoms with van der Waals surface area (Å²) in [6, 6.07) is 7.44. The first-order valence-electron chi connectivity index (χ1n) is 3.99. The molecule has 0 unspecified atom stereocenters. The highest BCUT2D eigenvalue weighted by Gasteiger charge is 2.11. The molecular formula is C9H4N3O2. The predicted molar refractivity (Wildman–Crippen MR) is 46.1 cm³/mol. The Bertz CT molecular complexity index is 523. The molecule has 5 nitrogen and oxygen atoms in total. The molecule has 1 radical (unpaired) electrons. The van der Waals surface area contributed by atoms with E-state index in [9.17, 15) is 0 Å². The highest BCUT2D eigenvalue weighted by Crippen LogP contribution is 2.20. The van der Waals surface area contributed by atoms with Gasteiger partial charge in [-0.15, -0.1) is 0 Å². The Morgan fingerprint density at radius 2 is 2.14 bits per heavy atom. The first-order chi connectivity index (χ1) is 6.93. The molecule has 0 atom stereocenters. The Kier molecular flexibility index (Phi) is 1.38. The molecule has 0 fully saturated rings. The summed E-state index contributed by atoms with van der Waals surface area (Å²) >= 11 is 0. The second kappa shape index (κ2) is 2.66. The summed E-state index contributed by atoms with van der Waals surface area (Å²) in [5.74, 6) is 0.650. The van der Waals surface area contributed by atoms with Gasteiger partial charge in [-0.25, -0.2) is 4.98 Å². The number of para-hydroxylation sites is 2. The van der Waals surface area contributed by atoms with E-state index in [4.69, 9.17) is 4.42 Å². The van der Waals surface area contributed by atoms with E-state index in [0.717, 1.165) is 5.52 Å². The van der Waals surface area contributed by atoms with Gasteiger partial charge in [-0.1, -0.05) is 17.3 Å². The number of hydrogen-bond donors (Lipinski definition) is 0. The molecule has 0 spiro atoms. The van der Waals surface area contributed by atoms with E-state index >= 15 is 0 Å². The van der Waals surface area contributed by atoms with Crippen LogP contribution >= 0.6 is 0 Å². The fourth-order valence-corrected chi connectivity index (χ4v) is 1.20. The lowest BCUT2D eigenvalue weighted by Crippen LogP contribution is -1.77. The molecule has 14 heavy (non-hydrogen) atoms. The van der Waals surface area contributed by atoms with Crippen LogP contribution in [-0.2, 0) is 0 Å². The van der Waals surface area contributed by atoms with Crippen LogP contribution in [0.3, 0.4) is 0 Å². The Morgan fingerprint density at radius 3 is 2.93 bits per heavy atom. The van der Waals surface area contributed by atoms with Gasteiger partial charge in [-0.3, -0.25) is 0 Å². The topological polar surface area (TPSA) is 65.0 Å². The fourth-order valence-electron chi connectivity index (χ4n) is 1.20. The van der Waals surface area contributed by atoms with Gasteiger partial charge in [0.2, 0.25) is 0 Å². The first-order valence-corrected chi connectivity index (χ1v) is 3.99. The molecule has 0 aliphatic carbocycles. The van der Waals surface area contributed by atoms with Crippen molar-refractivity contribution in [2.75, 3.05) is 0 Å². The highest BCUT2D eigenvalue weighted by molar-refractivity contribution is 5.74. The van der Waals surface area contributed by atoms with Crippen LogP contribution in [0.4, 0.5) is 0 Å². The maximum atomic E-state index is 5.40. The Hall–Kier alpha value is -2.17. The summed E-state index contributed by atoms with van der Waals surface area (Å²) in [7, 11) is 0. The maximum Gasteiger partial charge on any atom is 0.316 e. The maximum absolute atomic E-state index is 5.40. The van der Waals surface area contributed by atoms with Gasteiger partial charge < -0.3 is 8.94 Å². The van der Waals surface area contributed by atoms with Crippen molar-refractivity contribution < 1.29 is 8.94 Å². The predicted octanol–water partition coefficient (Wildman–Crippen LogP) is 1.68. The van der Waals surface area contributed by atoms with Crippen LogP contribution in [0.5, 0.6) is 0 Å². The number of rotatable bonds is 1. The summed E-state index contributed by atoms with van der Waals surface area (Å²) in [5.41, 5.74) is 1.47. The molecule has 3 rings (SSSR count). The van der Waals surface area contributed by atoms with Crippen LogP contribution in [0, 0.1) is 6.39 Å². The van der Waals surface area contributed by atoms with Crippen molar-refractivity contribution in [3.63, 3.8) is 0 Å². The fraction of sp³-hybridized carbons (Fsp3) is 0. The second-order valence-corrected chi connectivity index (χ2v) is 2.70. The largest absolute Gasteiger partial charge is 0.433 e. The van der Waals surface area contributed by atoms with Crippen LogP contribution in [0.15, 0.2) is 33.2 Å². The zero-order chi connectivity index (χ0) is 9.38. The van der Waals surface area contributed by atoms with E-state index in [1.165, 1.54) is 0 Å². The smallest absolute Gasteiger partial charge is 0.316 e. The van der Waals surface area contributed by atoms with Crippen LogP contribution in [0.25, 0.3) is 22.8 Å². The first kappa shape index (κ1) is 7.25. The number of benzene rings is 1. The summed E-state index contributed by atoms with van der Waals surface area (Å²) in [5, 5.41) is 3.58. The Morgan fingerprint density at radius 1 is 1.21 bits per heavy atom. The third-order valence-electron chi connectivity index (χ3n) is 1.81. The van der Waals surface area contributed by atoms with E-state index < -0.39 is 0 Å². The van der Waals surface area contributed by atoms with Crippen molar-refractivity contribution in [3.05, 3.63) is 30.7 Å². The lowest BCUT2D eigenvalue weighted by molar-refractivity contribution is 0.409. The van der Waals surface area contributed by atoms with Gasteiger partial charge >= 0.3 is 6.39 Å². The minimum Gasteiger partial charge on any atom is -0.433 e. The Balaban J connectivity index is 2.24. The molecule has 2 aromatic heterocycles. The number of oxazole rings is 1. The number of aromatic nitrogens is 3. The van der Waals surface area contributed by atoms with Gasteiger partial charge in [0.1, 0.15) is 5.52 Å². The van der Waals surface area contributed by atoms with Crippen molar-refractivity contribution >= 4 is 11.1 Å². The minimum atomic E-state index is 0.307. The second-order valence-electron chi connectivity index (χ2n) is 2.70. The van der Waals surface area contributed by atoms with Crippen molar-refractivity contribution in [2.45, 2.75) is 0 Å². The average molecular weight is 186 g/mol. The molecule has 0 aliphatic rings. The molecule has 0 bridgehead atoms. The highest BCUT2D eigenvalue weighted by atomic mass is 16.5. The van der Waals surface area contributed by atoms with Crippen molar-refractivity contribution in [1.82, 2.24) is 15.1 Å². The number of nitrogens with zero attached hydrogens (tertiary/aromatic N) is 3. The molecule has 67 valence electrons. The summed E-state index contributed by atoms with van der Waals surface area (Å²) in [4.78, 5) is 7.91. The van der Waals surface area contributed by atoms with Crippen molar-refractivity contribution in [1.29, 1.82) is 0 Å². The molecular weight excluding hydrogens is 182 g/mol. The molecule has 1 aromatic carbocycles. The standard InChI is InChI=1S/C9H4N3O2/c1-2-4-7-6(3-1)11-9(14-7)8-10-5-13-12-8/h1-4H. The normalized spacial score (nSPS) is 10.9. The SMILES string of the molecule is [c]1nc(-c2nc3ccccc3o2)no1. The average Bonchev–Trinajstić information content (AvgIpc) is 2.86. The van der Waals surface area contributed by atoms with E-state index in [1.807, 2.05) is 24.3 Å². The number of fused-ring (bicyclic) bond motifs is 1. The third-order valence-corrected chi connectivity index (χ3v) is 1.81. The van der Waals surface area contributed by atoms with Gasteiger partial charge in [0.05, 0.1) is 0 Å². The molecule has 0 saturated heterocycles. The van der Waals surface area contributed by atoms with Gasteiger partial charge in [0.25, 0.3) is 11.7 Å². The summed E-state index contributed by atoms with van der Waals surface area (Å²) in [6.45, 7) is 0. The molecule has 0 amide bonds. The molecule has 0 aliphatic heterocycles. The molecule has 3 aromatic rings. The summed E-state index contributed by atoms with van der Waals surface area (Å²) < 4.78 is 9.88. The van der Waals surface area contributed by atoms with E-state index in [-0.39, 0.29) is 0 Å². The molecule has 5 heteroatoms. The van der Waals surface area contributed by atoms with E-state index in [2.05, 4.69) is 26.0 Å². The number of hydrogen-bond acceptors (Lipinski definition) is 5. The van der Waals surface area contributed by atoms with Crippen molar-refractivity contribution in [2.24, 2.45) is 0 Å². The zero-order valence-corrected chi connectivity index (χ0v) is 6.97. The monoisotopic (exact) mass is 186 g/mol. The summed E-state index contributed by atoms with van der Waals surface area (Å²) in [6.07, 6.45) is 2.24. The molecule has 0 saturated carbocycles. The van der Waals surface area contributed by atoms with E-state index in [1.54, 1.807) is 0 Å². The van der Waals surface area contributed by atoms with Gasteiger partial charge in [0.15, 0.2) is 5.58 Å². The quantitative estimate of drug-likeness (QED) is 0.578. The van der Waals surface area contributed by atoms with Crippen molar-refractivity contribution in [3.8, 4) is 11.7 Å². The van der Waals surface area contributed by atoms with Gasteiger partial charge in [0, 0.05) is 0 Å². The molecule has 2 heterocycles. The lowest BCUT2D eigenvalue weighted by Gasteiger charge is -1.80. The zero-order valence-electron chi connectivity index (χ0n) is 6.97.